The predicted octanol–water partition coefficient (Wildman–Crippen LogP) is 4.85. The fraction of sp³-hybridized carbons (Fsp3) is 0.286. The summed E-state index contributed by atoms with van der Waals surface area (Å²) in [5.74, 6) is 1.16. The van der Waals surface area contributed by atoms with Crippen molar-refractivity contribution < 1.29 is 4.74 Å². The van der Waals surface area contributed by atoms with E-state index < -0.39 is 0 Å². The number of ether oxygens (including phenoxy) is 1. The first-order valence-corrected chi connectivity index (χ1v) is 8.47. The van der Waals surface area contributed by atoms with Gasteiger partial charge in [0.25, 0.3) is 0 Å². The van der Waals surface area contributed by atoms with E-state index in [0.29, 0.717) is 5.92 Å². The Hall–Kier alpha value is -2.73. The fourth-order valence-electron chi connectivity index (χ4n) is 3.82. The maximum absolute atomic E-state index is 8.60. The number of aryl methyl sites for hydroxylation is 2. The highest BCUT2D eigenvalue weighted by atomic mass is 16.5. The number of hydrogen-bond acceptors (Lipinski definition) is 2. The lowest BCUT2D eigenvalue weighted by molar-refractivity contribution is 0.368. The lowest BCUT2D eigenvalue weighted by atomic mass is 9.82. The molecule has 0 bridgehead atoms. The molecule has 2 aromatic carbocycles. The van der Waals surface area contributed by atoms with E-state index in [1.54, 1.807) is 0 Å². The fourth-order valence-corrected chi connectivity index (χ4v) is 3.82. The van der Waals surface area contributed by atoms with Crippen LogP contribution in [0.1, 0.15) is 41.1 Å². The Bertz CT molecular complexity index is 915. The molecule has 1 unspecified atom stereocenters. The average Bonchev–Trinajstić information content (AvgIpc) is 2.98. The molecular formula is C21H20N2O. The number of aromatic nitrogens is 1. The van der Waals surface area contributed by atoms with Crippen molar-refractivity contribution in [3.63, 3.8) is 0 Å². The Kier molecular flexibility index (Phi) is 3.74. The SMILES string of the molecule is Cc1ccc2[nH]c3c(c2c1)CCCC3c1ccc(OCC#N)cc1. The van der Waals surface area contributed by atoms with E-state index in [9.17, 15) is 0 Å². The molecule has 120 valence electrons. The van der Waals surface area contributed by atoms with Crippen LogP contribution in [0.4, 0.5) is 0 Å². The molecule has 1 aliphatic carbocycles. The number of hydrogen-bond donors (Lipinski definition) is 1. The van der Waals surface area contributed by atoms with Crippen molar-refractivity contribution in [2.75, 3.05) is 6.61 Å². The quantitative estimate of drug-likeness (QED) is 0.751. The van der Waals surface area contributed by atoms with Crippen molar-refractivity contribution in [2.45, 2.75) is 32.1 Å². The van der Waals surface area contributed by atoms with Crippen LogP contribution in [0.3, 0.4) is 0 Å². The molecule has 3 aromatic rings. The Morgan fingerprint density at radius 3 is 2.83 bits per heavy atom. The molecule has 24 heavy (non-hydrogen) atoms. The first-order chi connectivity index (χ1) is 11.8. The van der Waals surface area contributed by atoms with Crippen molar-refractivity contribution in [2.24, 2.45) is 0 Å². The molecular weight excluding hydrogens is 296 g/mol. The Labute approximate surface area is 141 Å². The van der Waals surface area contributed by atoms with Crippen molar-refractivity contribution in [3.8, 4) is 11.8 Å². The largest absolute Gasteiger partial charge is 0.479 e. The first-order valence-electron chi connectivity index (χ1n) is 8.47. The highest BCUT2D eigenvalue weighted by molar-refractivity contribution is 5.86. The van der Waals surface area contributed by atoms with Gasteiger partial charge in [0, 0.05) is 22.5 Å². The van der Waals surface area contributed by atoms with Crippen LogP contribution in [0.5, 0.6) is 5.75 Å². The van der Waals surface area contributed by atoms with Gasteiger partial charge in [0.2, 0.25) is 0 Å². The van der Waals surface area contributed by atoms with Gasteiger partial charge in [0.1, 0.15) is 11.8 Å². The summed E-state index contributed by atoms with van der Waals surface area (Å²) in [5, 5.41) is 9.98. The molecule has 0 saturated heterocycles. The number of nitrogens with one attached hydrogen (secondary N) is 1. The van der Waals surface area contributed by atoms with E-state index in [-0.39, 0.29) is 6.61 Å². The summed E-state index contributed by atoms with van der Waals surface area (Å²) in [7, 11) is 0. The molecule has 0 fully saturated rings. The lowest BCUT2D eigenvalue weighted by Gasteiger charge is -2.23. The Balaban J connectivity index is 1.71. The Morgan fingerprint density at radius 2 is 2.04 bits per heavy atom. The molecule has 1 heterocycles. The van der Waals surface area contributed by atoms with Crippen LogP contribution in [0.25, 0.3) is 10.9 Å². The van der Waals surface area contributed by atoms with E-state index in [2.05, 4.69) is 42.2 Å². The topological polar surface area (TPSA) is 48.8 Å². The van der Waals surface area contributed by atoms with Crippen LogP contribution < -0.4 is 4.74 Å². The van der Waals surface area contributed by atoms with Crippen LogP contribution in [0.2, 0.25) is 0 Å². The zero-order valence-corrected chi connectivity index (χ0v) is 13.8. The second-order valence-corrected chi connectivity index (χ2v) is 6.53. The number of fused-ring (bicyclic) bond motifs is 3. The van der Waals surface area contributed by atoms with Gasteiger partial charge >= 0.3 is 0 Å². The van der Waals surface area contributed by atoms with Crippen LogP contribution in [0.15, 0.2) is 42.5 Å². The third kappa shape index (κ3) is 2.55. The van der Waals surface area contributed by atoms with Crippen LogP contribution >= 0.6 is 0 Å². The second-order valence-electron chi connectivity index (χ2n) is 6.53. The highest BCUT2D eigenvalue weighted by Gasteiger charge is 2.25. The van der Waals surface area contributed by atoms with Gasteiger partial charge in [0.15, 0.2) is 6.61 Å². The maximum atomic E-state index is 8.60. The molecule has 0 radical (unpaired) electrons. The summed E-state index contributed by atoms with van der Waals surface area (Å²) < 4.78 is 5.36. The van der Waals surface area contributed by atoms with Crippen LogP contribution in [0, 0.1) is 18.3 Å². The number of aromatic amines is 1. The van der Waals surface area contributed by atoms with Gasteiger partial charge in [-0.05, 0) is 61.6 Å². The molecule has 3 heteroatoms. The summed E-state index contributed by atoms with van der Waals surface area (Å²) in [4.78, 5) is 3.67. The summed E-state index contributed by atoms with van der Waals surface area (Å²) >= 11 is 0. The van der Waals surface area contributed by atoms with Crippen molar-refractivity contribution in [1.29, 1.82) is 5.26 Å². The van der Waals surface area contributed by atoms with E-state index >= 15 is 0 Å². The number of nitrogens with zero attached hydrogens (tertiary/aromatic N) is 1. The number of H-pyrrole nitrogens is 1. The van der Waals surface area contributed by atoms with Gasteiger partial charge in [-0.1, -0.05) is 23.8 Å². The third-order valence-electron chi connectivity index (χ3n) is 4.95. The maximum Gasteiger partial charge on any atom is 0.174 e. The zero-order valence-electron chi connectivity index (χ0n) is 13.8. The monoisotopic (exact) mass is 316 g/mol. The van der Waals surface area contributed by atoms with Crippen LogP contribution in [-0.4, -0.2) is 11.6 Å². The average molecular weight is 316 g/mol. The summed E-state index contributed by atoms with van der Waals surface area (Å²) in [6.07, 6.45) is 3.53. The van der Waals surface area contributed by atoms with Gasteiger partial charge in [0.05, 0.1) is 0 Å². The molecule has 1 aromatic heterocycles. The standard InChI is InChI=1S/C21H20N2O/c1-14-5-10-20-19(13-14)18-4-2-3-17(21(18)23-20)15-6-8-16(9-7-15)24-12-11-22/h5-10,13,17,23H,2-4,12H2,1H3. The molecule has 1 N–H and O–H groups in total. The van der Waals surface area contributed by atoms with E-state index in [0.717, 1.165) is 18.6 Å². The molecule has 0 aliphatic heterocycles. The zero-order chi connectivity index (χ0) is 16.5. The molecule has 0 amide bonds. The van der Waals surface area contributed by atoms with E-state index in [4.69, 9.17) is 10.00 Å². The molecule has 4 rings (SSSR count). The van der Waals surface area contributed by atoms with Gasteiger partial charge < -0.3 is 9.72 Å². The highest BCUT2D eigenvalue weighted by Crippen LogP contribution is 2.40. The van der Waals surface area contributed by atoms with Gasteiger partial charge in [-0.3, -0.25) is 0 Å². The summed E-state index contributed by atoms with van der Waals surface area (Å²) in [6, 6.07) is 16.8. The van der Waals surface area contributed by atoms with Crippen molar-refractivity contribution in [1.82, 2.24) is 4.98 Å². The van der Waals surface area contributed by atoms with Gasteiger partial charge in [-0.2, -0.15) is 5.26 Å². The number of rotatable bonds is 3. The molecule has 0 saturated carbocycles. The predicted molar refractivity (Wildman–Crippen MR) is 95.4 cm³/mol. The minimum Gasteiger partial charge on any atom is -0.479 e. The minimum atomic E-state index is 0.0916. The van der Waals surface area contributed by atoms with Crippen molar-refractivity contribution >= 4 is 10.9 Å². The molecule has 0 spiro atoms. The van der Waals surface area contributed by atoms with E-state index in [1.807, 2.05) is 18.2 Å². The van der Waals surface area contributed by atoms with E-state index in [1.165, 1.54) is 39.7 Å². The normalized spacial score (nSPS) is 16.6. The van der Waals surface area contributed by atoms with Gasteiger partial charge in [-0.25, -0.2) is 0 Å². The summed E-state index contributed by atoms with van der Waals surface area (Å²) in [5.41, 5.74) is 6.71. The second kappa shape index (κ2) is 6.05. The minimum absolute atomic E-state index is 0.0916. The Morgan fingerprint density at radius 1 is 1.21 bits per heavy atom. The molecule has 3 nitrogen and oxygen atoms in total. The first kappa shape index (κ1) is 14.8. The van der Waals surface area contributed by atoms with Crippen molar-refractivity contribution in [3.05, 3.63) is 64.8 Å². The van der Waals surface area contributed by atoms with Crippen LogP contribution in [-0.2, 0) is 6.42 Å². The smallest absolute Gasteiger partial charge is 0.174 e. The molecule has 1 aliphatic rings. The third-order valence-corrected chi connectivity index (χ3v) is 4.95. The number of nitriles is 1. The van der Waals surface area contributed by atoms with Gasteiger partial charge in [-0.15, -0.1) is 0 Å². The lowest BCUT2D eigenvalue weighted by Crippen LogP contribution is -2.10. The summed E-state index contributed by atoms with van der Waals surface area (Å²) in [6.45, 7) is 2.24. The number of benzene rings is 2. The molecule has 1 atom stereocenters.